The number of para-hydroxylation sites is 1. The minimum Gasteiger partial charge on any atom is -0.496 e. The molecule has 1 N–H and O–H groups in total. The van der Waals surface area contributed by atoms with E-state index >= 15 is 0 Å². The van der Waals surface area contributed by atoms with Gasteiger partial charge in [-0.1, -0.05) is 18.2 Å². The zero-order valence-corrected chi connectivity index (χ0v) is 22.9. The Hall–Kier alpha value is -3.74. The summed E-state index contributed by atoms with van der Waals surface area (Å²) in [6.07, 6.45) is 3.92. The summed E-state index contributed by atoms with van der Waals surface area (Å²) >= 11 is 1.24. The second-order valence-corrected chi connectivity index (χ2v) is 11.1. The largest absolute Gasteiger partial charge is 0.496 e. The van der Waals surface area contributed by atoms with Crippen LogP contribution in [-0.4, -0.2) is 51.6 Å². The average molecular weight is 568 g/mol. The Kier molecular flexibility index (Phi) is 6.85. The molecule has 210 valence electrons. The Morgan fingerprint density at radius 3 is 2.65 bits per heavy atom. The number of aromatic nitrogens is 3. The Morgan fingerprint density at radius 2 is 2.00 bits per heavy atom. The topological polar surface area (TPSA) is 135 Å². The molecule has 1 saturated carbocycles. The van der Waals surface area contributed by atoms with Gasteiger partial charge in [0.2, 0.25) is 0 Å². The highest BCUT2D eigenvalue weighted by Gasteiger charge is 2.55. The van der Waals surface area contributed by atoms with E-state index in [0.717, 1.165) is 10.1 Å². The number of hydrogen-bond donors (Lipinski definition) is 1. The Labute approximate surface area is 232 Å². The molecule has 1 aliphatic carbocycles. The van der Waals surface area contributed by atoms with E-state index in [4.69, 9.17) is 18.6 Å². The number of fused-ring (bicyclic) bond motifs is 1. The molecule has 2 fully saturated rings. The van der Waals surface area contributed by atoms with Crippen LogP contribution >= 0.6 is 11.3 Å². The third-order valence-electron chi connectivity index (χ3n) is 7.78. The second-order valence-electron chi connectivity index (χ2n) is 10.2. The molecule has 12 heteroatoms. The minimum absolute atomic E-state index is 0.0405. The zero-order chi connectivity index (χ0) is 28.0. The number of hydrogen-bond acceptors (Lipinski definition) is 9. The highest BCUT2D eigenvalue weighted by atomic mass is 32.1. The van der Waals surface area contributed by atoms with Crippen LogP contribution in [0, 0.1) is 6.92 Å². The molecule has 0 radical (unpaired) electrons. The van der Waals surface area contributed by atoms with E-state index in [1.54, 1.807) is 20.2 Å². The average Bonchev–Trinajstić information content (AvgIpc) is 3.42. The van der Waals surface area contributed by atoms with Crippen molar-refractivity contribution in [2.24, 2.45) is 0 Å². The number of nitrogens with zero attached hydrogens (tertiary/aromatic N) is 3. The number of carboxylic acid groups (broad SMARTS) is 1. The summed E-state index contributed by atoms with van der Waals surface area (Å²) in [5.74, 6) is -0.130. The third kappa shape index (κ3) is 4.36. The third-order valence-corrected chi connectivity index (χ3v) is 9.11. The summed E-state index contributed by atoms with van der Waals surface area (Å²) in [6.45, 7) is 2.96. The van der Waals surface area contributed by atoms with Crippen LogP contribution in [-0.2, 0) is 26.4 Å². The first-order chi connectivity index (χ1) is 19.4. The van der Waals surface area contributed by atoms with E-state index in [-0.39, 0.29) is 30.9 Å². The van der Waals surface area contributed by atoms with Crippen LogP contribution in [0.4, 0.5) is 0 Å². The lowest BCUT2D eigenvalue weighted by Gasteiger charge is -2.29. The number of aliphatic carboxylic acids is 1. The van der Waals surface area contributed by atoms with Crippen LogP contribution in [0.25, 0.3) is 20.9 Å². The van der Waals surface area contributed by atoms with E-state index in [2.05, 4.69) is 4.98 Å². The summed E-state index contributed by atoms with van der Waals surface area (Å²) in [6, 6.07) is 7.45. The van der Waals surface area contributed by atoms with E-state index in [1.807, 2.05) is 24.3 Å². The summed E-state index contributed by atoms with van der Waals surface area (Å²) in [5.41, 5.74) is -1.51. The van der Waals surface area contributed by atoms with Gasteiger partial charge in [0.15, 0.2) is 12.2 Å². The maximum absolute atomic E-state index is 14.1. The van der Waals surface area contributed by atoms with Gasteiger partial charge in [0.05, 0.1) is 36.2 Å². The molecule has 1 aliphatic heterocycles. The molecular weight excluding hydrogens is 538 g/mol. The first-order valence-corrected chi connectivity index (χ1v) is 13.9. The van der Waals surface area contributed by atoms with E-state index in [1.165, 1.54) is 22.3 Å². The van der Waals surface area contributed by atoms with Crippen molar-refractivity contribution in [1.29, 1.82) is 0 Å². The zero-order valence-electron chi connectivity index (χ0n) is 22.1. The van der Waals surface area contributed by atoms with Gasteiger partial charge in [-0.3, -0.25) is 9.36 Å². The van der Waals surface area contributed by atoms with Crippen molar-refractivity contribution in [3.63, 3.8) is 0 Å². The maximum atomic E-state index is 14.1. The van der Waals surface area contributed by atoms with Gasteiger partial charge >= 0.3 is 11.7 Å². The van der Waals surface area contributed by atoms with Gasteiger partial charge in [-0.2, -0.15) is 0 Å². The molecule has 4 aromatic rings. The number of methoxy groups -OCH3 is 1. The fourth-order valence-electron chi connectivity index (χ4n) is 5.46. The first-order valence-electron chi connectivity index (χ1n) is 13.1. The Morgan fingerprint density at radius 1 is 1.25 bits per heavy atom. The van der Waals surface area contributed by atoms with Crippen molar-refractivity contribution in [3.8, 4) is 16.4 Å². The van der Waals surface area contributed by atoms with Crippen LogP contribution in [0.5, 0.6) is 5.75 Å². The molecule has 1 atom stereocenters. The van der Waals surface area contributed by atoms with Gasteiger partial charge in [0.25, 0.3) is 5.56 Å². The number of benzene rings is 1. The van der Waals surface area contributed by atoms with E-state index in [9.17, 15) is 19.5 Å². The SMILES string of the molecule is COc1ccccc1[C@H](Cn1c(=O)n(C2(C(=O)O)CC2)c(=O)c2c(C)c(-c3cnco3)sc21)OC1CCOCC1. The highest BCUT2D eigenvalue weighted by molar-refractivity contribution is 7.22. The lowest BCUT2D eigenvalue weighted by atomic mass is 10.1. The van der Waals surface area contributed by atoms with Gasteiger partial charge in [-0.25, -0.2) is 19.1 Å². The number of ether oxygens (including phenoxy) is 3. The summed E-state index contributed by atoms with van der Waals surface area (Å²) in [4.78, 5) is 45.4. The van der Waals surface area contributed by atoms with Gasteiger partial charge in [-0.15, -0.1) is 11.3 Å². The van der Waals surface area contributed by atoms with Crippen LogP contribution in [0.1, 0.15) is 42.9 Å². The Bertz CT molecular complexity index is 1680. The molecule has 1 aromatic carbocycles. The molecule has 6 rings (SSSR count). The van der Waals surface area contributed by atoms with Gasteiger partial charge < -0.3 is 23.7 Å². The van der Waals surface area contributed by atoms with Crippen LogP contribution < -0.4 is 16.0 Å². The summed E-state index contributed by atoms with van der Waals surface area (Å²) < 4.78 is 25.7. The molecule has 2 aliphatic rings. The lowest BCUT2D eigenvalue weighted by molar-refractivity contribution is -0.142. The fraction of sp³-hybridized carbons (Fsp3) is 0.429. The monoisotopic (exact) mass is 567 g/mol. The van der Waals surface area contributed by atoms with Gasteiger partial charge in [0, 0.05) is 18.8 Å². The minimum atomic E-state index is -1.56. The number of carboxylic acids is 1. The molecule has 4 heterocycles. The predicted octanol–water partition coefficient (Wildman–Crippen LogP) is 3.71. The van der Waals surface area contributed by atoms with Crippen LogP contribution in [0.3, 0.4) is 0 Å². The summed E-state index contributed by atoms with van der Waals surface area (Å²) in [7, 11) is 1.57. The van der Waals surface area contributed by atoms with Crippen molar-refractivity contribution in [2.45, 2.75) is 56.9 Å². The number of thiophene rings is 1. The highest BCUT2D eigenvalue weighted by Crippen LogP contribution is 2.43. The first kappa shape index (κ1) is 26.5. The van der Waals surface area contributed by atoms with Crippen molar-refractivity contribution >= 4 is 27.5 Å². The van der Waals surface area contributed by atoms with Crippen molar-refractivity contribution in [2.75, 3.05) is 20.3 Å². The standard InChI is InChI=1S/C28H29N3O8S/c1-16-22-24(32)31(28(9-10-28)26(33)34)27(35)30(25(22)40-23(16)20-13-29-15-38-20)14-21(39-17-7-11-37-12-8-17)18-5-3-4-6-19(18)36-2/h3-6,13,15,17,21H,7-12,14H2,1-2H3,(H,33,34)/t21-/m0/s1. The predicted molar refractivity (Wildman–Crippen MR) is 146 cm³/mol. The molecule has 0 amide bonds. The normalized spacial score (nSPS) is 17.6. The van der Waals surface area contributed by atoms with Gasteiger partial charge in [0.1, 0.15) is 22.2 Å². The fourth-order valence-corrected chi connectivity index (χ4v) is 6.71. The molecule has 1 saturated heterocycles. The van der Waals surface area contributed by atoms with Crippen molar-refractivity contribution < 1.29 is 28.5 Å². The quantitative estimate of drug-likeness (QED) is 0.321. The number of aryl methyl sites for hydroxylation is 1. The number of oxazole rings is 1. The molecule has 0 bridgehead atoms. The second kappa shape index (κ2) is 10.3. The van der Waals surface area contributed by atoms with Gasteiger partial charge in [-0.05, 0) is 44.2 Å². The van der Waals surface area contributed by atoms with Crippen LogP contribution in [0.2, 0.25) is 0 Å². The smallest absolute Gasteiger partial charge is 0.333 e. The molecule has 11 nitrogen and oxygen atoms in total. The maximum Gasteiger partial charge on any atom is 0.333 e. The molecule has 3 aromatic heterocycles. The lowest BCUT2D eigenvalue weighted by Crippen LogP contribution is -2.49. The Balaban J connectivity index is 1.57. The van der Waals surface area contributed by atoms with Crippen molar-refractivity contribution in [1.82, 2.24) is 14.1 Å². The molecule has 0 spiro atoms. The number of carbonyl (C=O) groups is 1. The molecule has 40 heavy (non-hydrogen) atoms. The van der Waals surface area contributed by atoms with E-state index < -0.39 is 28.9 Å². The molecular formula is C28H29N3O8S. The van der Waals surface area contributed by atoms with Crippen LogP contribution in [0.15, 0.2) is 50.9 Å². The van der Waals surface area contributed by atoms with E-state index in [0.29, 0.717) is 52.8 Å². The number of rotatable bonds is 9. The molecule has 0 unspecified atom stereocenters. The summed E-state index contributed by atoms with van der Waals surface area (Å²) in [5, 5.41) is 10.3. The van der Waals surface area contributed by atoms with Crippen molar-refractivity contribution in [3.05, 3.63) is 68.8 Å².